The number of hydrogen-bond donors (Lipinski definition) is 1. The Balaban J connectivity index is 2.06. The second kappa shape index (κ2) is 7.47. The molecule has 0 aliphatic carbocycles. The van der Waals surface area contributed by atoms with Crippen molar-refractivity contribution in [2.75, 3.05) is 7.11 Å². The van der Waals surface area contributed by atoms with Gasteiger partial charge in [0.15, 0.2) is 5.44 Å². The third-order valence-corrected chi connectivity index (χ3v) is 5.71. The van der Waals surface area contributed by atoms with Crippen LogP contribution in [0.25, 0.3) is 11.3 Å². The van der Waals surface area contributed by atoms with Crippen LogP contribution in [0.1, 0.15) is 25.2 Å². The summed E-state index contributed by atoms with van der Waals surface area (Å²) in [4.78, 5) is 21.8. The van der Waals surface area contributed by atoms with Crippen LogP contribution in [-0.2, 0) is 14.5 Å². The van der Waals surface area contributed by atoms with Gasteiger partial charge in [0.2, 0.25) is 11.9 Å². The van der Waals surface area contributed by atoms with E-state index < -0.39 is 24.9 Å². The van der Waals surface area contributed by atoms with Crippen LogP contribution in [0.5, 0.6) is 0 Å². The van der Waals surface area contributed by atoms with E-state index in [1.807, 2.05) is 13.8 Å². The van der Waals surface area contributed by atoms with E-state index in [0.29, 0.717) is 11.4 Å². The number of pyridine rings is 3. The molecule has 9 heteroatoms. The van der Waals surface area contributed by atoms with Gasteiger partial charge in [0, 0.05) is 12.5 Å². The Morgan fingerprint density at radius 3 is 2.25 bits per heavy atom. The standard InChI is InChI=1S/C19H18F2N3O3P/c1-19(2,15-8-5-9-17(23-15)28(25,26)27-3)14-7-4-6-13(22-14)12-10-11-16(20)24-18(12)21/h4-11H,1-3H3,(H,25,26). The summed E-state index contributed by atoms with van der Waals surface area (Å²) in [5.41, 5.74) is 0.535. The Morgan fingerprint density at radius 1 is 0.964 bits per heavy atom. The molecule has 3 aromatic rings. The highest BCUT2D eigenvalue weighted by Gasteiger charge is 2.30. The highest BCUT2D eigenvalue weighted by atomic mass is 31.2. The van der Waals surface area contributed by atoms with E-state index in [2.05, 4.69) is 19.5 Å². The maximum Gasteiger partial charge on any atom is 0.376 e. The molecule has 1 unspecified atom stereocenters. The minimum Gasteiger partial charge on any atom is -0.320 e. The molecule has 28 heavy (non-hydrogen) atoms. The molecule has 1 N–H and O–H groups in total. The van der Waals surface area contributed by atoms with Gasteiger partial charge in [-0.3, -0.25) is 9.55 Å². The minimum absolute atomic E-state index is 0.0694. The van der Waals surface area contributed by atoms with Gasteiger partial charge in [-0.15, -0.1) is 0 Å². The molecular weight excluding hydrogens is 387 g/mol. The third kappa shape index (κ3) is 3.85. The van der Waals surface area contributed by atoms with Crippen LogP contribution in [0.2, 0.25) is 0 Å². The van der Waals surface area contributed by atoms with Crippen molar-refractivity contribution in [1.29, 1.82) is 0 Å². The molecule has 0 aliphatic heterocycles. The molecule has 0 aliphatic rings. The molecule has 0 amide bonds. The van der Waals surface area contributed by atoms with E-state index in [1.54, 1.807) is 30.3 Å². The van der Waals surface area contributed by atoms with Crippen molar-refractivity contribution in [3.63, 3.8) is 0 Å². The highest BCUT2D eigenvalue weighted by Crippen LogP contribution is 2.39. The molecule has 3 rings (SSSR count). The molecule has 0 spiro atoms. The first-order valence-electron chi connectivity index (χ1n) is 8.32. The van der Waals surface area contributed by atoms with Gasteiger partial charge in [-0.2, -0.15) is 13.8 Å². The molecule has 3 heterocycles. The van der Waals surface area contributed by atoms with Crippen molar-refractivity contribution in [3.8, 4) is 11.3 Å². The average Bonchev–Trinajstić information content (AvgIpc) is 2.68. The van der Waals surface area contributed by atoms with Crippen LogP contribution in [0, 0.1) is 11.9 Å². The summed E-state index contributed by atoms with van der Waals surface area (Å²) in [5.74, 6) is -1.87. The zero-order chi connectivity index (χ0) is 20.5. The summed E-state index contributed by atoms with van der Waals surface area (Å²) in [5, 5.41) is 0. The van der Waals surface area contributed by atoms with Gasteiger partial charge in [0.1, 0.15) is 0 Å². The third-order valence-electron chi connectivity index (χ3n) is 4.39. The van der Waals surface area contributed by atoms with Gasteiger partial charge in [-0.1, -0.05) is 12.1 Å². The first-order valence-corrected chi connectivity index (χ1v) is 9.89. The Kier molecular flexibility index (Phi) is 5.39. The number of hydrogen-bond acceptors (Lipinski definition) is 5. The van der Waals surface area contributed by atoms with E-state index in [0.717, 1.165) is 13.2 Å². The molecule has 1 atom stereocenters. The highest BCUT2D eigenvalue weighted by molar-refractivity contribution is 7.60. The summed E-state index contributed by atoms with van der Waals surface area (Å²) < 4.78 is 43.8. The smallest absolute Gasteiger partial charge is 0.320 e. The monoisotopic (exact) mass is 405 g/mol. The van der Waals surface area contributed by atoms with Crippen LogP contribution in [0.4, 0.5) is 8.78 Å². The molecular formula is C19H18F2N3O3P. The van der Waals surface area contributed by atoms with E-state index in [-0.39, 0.29) is 16.7 Å². The molecule has 0 saturated carbocycles. The lowest BCUT2D eigenvalue weighted by Gasteiger charge is -2.25. The van der Waals surface area contributed by atoms with Crippen molar-refractivity contribution in [2.45, 2.75) is 19.3 Å². The van der Waals surface area contributed by atoms with Gasteiger partial charge in [0.25, 0.3) is 0 Å². The predicted octanol–water partition coefficient (Wildman–Crippen LogP) is 3.60. The SMILES string of the molecule is COP(=O)(O)c1cccc(C(C)(C)c2cccc(-c3ccc(F)nc3F)n2)n1. The first-order chi connectivity index (χ1) is 13.1. The molecule has 0 saturated heterocycles. The van der Waals surface area contributed by atoms with E-state index in [4.69, 9.17) is 0 Å². The van der Waals surface area contributed by atoms with Crippen molar-refractivity contribution < 1.29 is 22.8 Å². The zero-order valence-electron chi connectivity index (χ0n) is 15.4. The largest absolute Gasteiger partial charge is 0.376 e. The molecule has 0 bridgehead atoms. The Labute approximate surface area is 160 Å². The molecule has 0 fully saturated rings. The fourth-order valence-electron chi connectivity index (χ4n) is 2.69. The van der Waals surface area contributed by atoms with E-state index in [1.165, 1.54) is 12.1 Å². The summed E-state index contributed by atoms with van der Waals surface area (Å²) in [7, 11) is -2.87. The minimum atomic E-state index is -4.01. The van der Waals surface area contributed by atoms with Crippen LogP contribution in [0.15, 0.2) is 48.5 Å². The number of halogens is 2. The van der Waals surface area contributed by atoms with Crippen LogP contribution in [-0.4, -0.2) is 27.0 Å². The van der Waals surface area contributed by atoms with Crippen LogP contribution >= 0.6 is 7.60 Å². The van der Waals surface area contributed by atoms with Gasteiger partial charge < -0.3 is 9.42 Å². The quantitative estimate of drug-likeness (QED) is 0.516. The lowest BCUT2D eigenvalue weighted by Crippen LogP contribution is -2.25. The van der Waals surface area contributed by atoms with Crippen LogP contribution < -0.4 is 5.44 Å². The predicted molar refractivity (Wildman–Crippen MR) is 100 cm³/mol. The second-order valence-electron chi connectivity index (χ2n) is 6.59. The molecule has 3 aromatic heterocycles. The number of aromatic nitrogens is 3. The van der Waals surface area contributed by atoms with E-state index in [9.17, 15) is 18.2 Å². The summed E-state index contributed by atoms with van der Waals surface area (Å²) in [6.07, 6.45) is 0. The van der Waals surface area contributed by atoms with Crippen molar-refractivity contribution in [3.05, 3.63) is 71.8 Å². The summed E-state index contributed by atoms with van der Waals surface area (Å²) in [6.45, 7) is 3.67. The van der Waals surface area contributed by atoms with Gasteiger partial charge >= 0.3 is 7.60 Å². The average molecular weight is 405 g/mol. The Hall–Kier alpha value is -2.54. The van der Waals surface area contributed by atoms with Gasteiger partial charge in [0.05, 0.1) is 22.6 Å². The summed E-state index contributed by atoms with van der Waals surface area (Å²) >= 11 is 0. The van der Waals surface area contributed by atoms with E-state index >= 15 is 0 Å². The fourth-order valence-corrected chi connectivity index (χ4v) is 3.39. The van der Waals surface area contributed by atoms with Gasteiger partial charge in [-0.05, 0) is 50.2 Å². The second-order valence-corrected chi connectivity index (χ2v) is 8.45. The van der Waals surface area contributed by atoms with Gasteiger partial charge in [-0.25, -0.2) is 4.98 Å². The first kappa shape index (κ1) is 20.2. The number of nitrogens with zero attached hydrogens (tertiary/aromatic N) is 3. The lowest BCUT2D eigenvalue weighted by molar-refractivity contribution is 0.327. The normalized spacial score (nSPS) is 13.9. The Bertz CT molecular complexity index is 1080. The fraction of sp³-hybridized carbons (Fsp3) is 0.211. The topological polar surface area (TPSA) is 85.2 Å². The van der Waals surface area contributed by atoms with Crippen molar-refractivity contribution in [2.24, 2.45) is 0 Å². The molecule has 0 aromatic carbocycles. The zero-order valence-corrected chi connectivity index (χ0v) is 16.3. The molecule has 0 radical (unpaired) electrons. The number of rotatable bonds is 5. The maximum atomic E-state index is 14.0. The van der Waals surface area contributed by atoms with Crippen LogP contribution in [0.3, 0.4) is 0 Å². The lowest BCUT2D eigenvalue weighted by atomic mass is 9.84. The van der Waals surface area contributed by atoms with Crippen molar-refractivity contribution >= 4 is 13.0 Å². The summed E-state index contributed by atoms with van der Waals surface area (Å²) in [6, 6.07) is 12.1. The Morgan fingerprint density at radius 2 is 1.61 bits per heavy atom. The van der Waals surface area contributed by atoms with Crippen molar-refractivity contribution in [1.82, 2.24) is 15.0 Å². The maximum absolute atomic E-state index is 14.0. The molecule has 6 nitrogen and oxygen atoms in total. The molecule has 146 valence electrons.